The van der Waals surface area contributed by atoms with Crippen LogP contribution >= 0.6 is 0 Å². The molecule has 0 amide bonds. The molecule has 0 aromatic rings. The number of ether oxygens (including phenoxy) is 2. The molecule has 0 bridgehead atoms. The molecule has 2 atom stereocenters. The summed E-state index contributed by atoms with van der Waals surface area (Å²) in [5, 5.41) is 0. The molecule has 11 heteroatoms. The van der Waals surface area contributed by atoms with Crippen LogP contribution in [0.5, 0.6) is 0 Å². The van der Waals surface area contributed by atoms with Crippen LogP contribution in [-0.4, -0.2) is 42.7 Å². The van der Waals surface area contributed by atoms with E-state index in [-0.39, 0.29) is 83.9 Å². The first-order valence-electron chi connectivity index (χ1n) is 10.5. The Hall–Kier alpha value is 0.810. The molecule has 2 unspecified atom stereocenters. The SMILES string of the molecule is CCCCC(CC)COC(=O)CCC(=O)OCC(CC)CCCC.O=S(=O)([O-])[O-].[Na+].[Na+]. The summed E-state index contributed by atoms with van der Waals surface area (Å²) in [5.41, 5.74) is 0. The Balaban J connectivity index is -0.000000464. The van der Waals surface area contributed by atoms with Crippen molar-refractivity contribution in [1.82, 2.24) is 0 Å². The van der Waals surface area contributed by atoms with E-state index in [0.29, 0.717) is 25.0 Å². The van der Waals surface area contributed by atoms with Crippen molar-refractivity contribution in [2.24, 2.45) is 11.8 Å². The van der Waals surface area contributed by atoms with Gasteiger partial charge in [-0.25, -0.2) is 0 Å². The Bertz CT molecular complexity index is 489. The van der Waals surface area contributed by atoms with Crippen LogP contribution in [-0.2, 0) is 29.5 Å². The first-order chi connectivity index (χ1) is 13.6. The minimum absolute atomic E-state index is 0. The van der Waals surface area contributed by atoms with Crippen molar-refractivity contribution in [3.05, 3.63) is 0 Å². The zero-order valence-corrected chi connectivity index (χ0v) is 25.1. The second kappa shape index (κ2) is 25.4. The second-order valence-electron chi connectivity index (χ2n) is 7.11. The van der Waals surface area contributed by atoms with Crippen molar-refractivity contribution in [2.45, 2.75) is 91.9 Å². The monoisotopic (exact) mass is 484 g/mol. The maximum Gasteiger partial charge on any atom is 1.00 e. The van der Waals surface area contributed by atoms with E-state index in [0.717, 1.165) is 38.5 Å². The molecule has 0 aromatic heterocycles. The summed E-state index contributed by atoms with van der Waals surface area (Å²) < 4.78 is 44.7. The van der Waals surface area contributed by atoms with E-state index in [9.17, 15) is 9.59 Å². The Morgan fingerprint density at radius 3 is 1.26 bits per heavy atom. The Morgan fingerprint density at radius 2 is 1.03 bits per heavy atom. The summed E-state index contributed by atoms with van der Waals surface area (Å²) in [6, 6.07) is 0. The van der Waals surface area contributed by atoms with Crippen molar-refractivity contribution in [3.63, 3.8) is 0 Å². The van der Waals surface area contributed by atoms with Crippen LogP contribution in [0, 0.1) is 11.8 Å². The van der Waals surface area contributed by atoms with E-state index in [2.05, 4.69) is 27.7 Å². The molecule has 0 N–H and O–H groups in total. The third kappa shape index (κ3) is 33.1. The van der Waals surface area contributed by atoms with E-state index >= 15 is 0 Å². The minimum Gasteiger partial charge on any atom is -0.759 e. The molecule has 174 valence electrons. The molecular weight excluding hydrogens is 446 g/mol. The molecular formula is C20H38Na2O8S. The minimum atomic E-state index is -5.17. The van der Waals surface area contributed by atoms with Gasteiger partial charge in [0, 0.05) is 10.4 Å². The maximum atomic E-state index is 11.7. The quantitative estimate of drug-likeness (QED) is 0.112. The maximum absolute atomic E-state index is 11.7. The summed E-state index contributed by atoms with van der Waals surface area (Å²) >= 11 is 0. The molecule has 0 saturated carbocycles. The number of unbranched alkanes of at least 4 members (excludes halogenated alkanes) is 2. The van der Waals surface area contributed by atoms with Gasteiger partial charge >= 0.3 is 71.1 Å². The molecule has 31 heavy (non-hydrogen) atoms. The number of rotatable bonds is 15. The number of hydrogen-bond donors (Lipinski definition) is 0. The summed E-state index contributed by atoms with van der Waals surface area (Å²) in [5.74, 6) is 0.286. The number of esters is 2. The summed E-state index contributed by atoms with van der Waals surface area (Å²) in [6.45, 7) is 9.51. The van der Waals surface area contributed by atoms with Gasteiger partial charge in [-0.1, -0.05) is 66.2 Å². The van der Waals surface area contributed by atoms with Gasteiger partial charge < -0.3 is 18.6 Å². The largest absolute Gasteiger partial charge is 1.00 e. The van der Waals surface area contributed by atoms with Crippen molar-refractivity contribution in [2.75, 3.05) is 13.2 Å². The molecule has 8 nitrogen and oxygen atoms in total. The molecule has 0 spiro atoms. The van der Waals surface area contributed by atoms with E-state index < -0.39 is 10.4 Å². The molecule has 0 aliphatic rings. The van der Waals surface area contributed by atoms with Gasteiger partial charge in [0.05, 0.1) is 26.1 Å². The van der Waals surface area contributed by atoms with E-state index in [1.54, 1.807) is 0 Å². The van der Waals surface area contributed by atoms with Crippen molar-refractivity contribution in [3.8, 4) is 0 Å². The number of carbonyl (C=O) groups is 2. The van der Waals surface area contributed by atoms with Gasteiger partial charge in [-0.15, -0.1) is 0 Å². The average Bonchev–Trinajstić information content (AvgIpc) is 2.65. The molecule has 0 rings (SSSR count). The number of hydrogen-bond acceptors (Lipinski definition) is 8. The Morgan fingerprint density at radius 1 is 0.742 bits per heavy atom. The normalized spacial score (nSPS) is 12.2. The topological polar surface area (TPSA) is 133 Å². The van der Waals surface area contributed by atoms with Crippen molar-refractivity contribution >= 4 is 22.3 Å². The predicted molar refractivity (Wildman–Crippen MR) is 108 cm³/mol. The molecule has 0 aliphatic heterocycles. The second-order valence-corrected chi connectivity index (χ2v) is 7.92. The van der Waals surface area contributed by atoms with Crippen molar-refractivity contribution < 1.29 is 95.7 Å². The van der Waals surface area contributed by atoms with Gasteiger partial charge in [-0.05, 0) is 24.7 Å². The first kappa shape index (κ1) is 39.0. The van der Waals surface area contributed by atoms with E-state index in [1.807, 2.05) is 0 Å². The van der Waals surface area contributed by atoms with Crippen LogP contribution < -0.4 is 59.1 Å². The zero-order valence-electron chi connectivity index (χ0n) is 20.3. The number of carbonyl (C=O) groups excluding carboxylic acids is 2. The summed E-state index contributed by atoms with van der Waals surface area (Å²) in [7, 11) is -5.17. The van der Waals surface area contributed by atoms with Crippen LogP contribution in [0.25, 0.3) is 0 Å². The standard InChI is InChI=1S/C20H38O4.2Na.H2O4S/c1-5-9-11-17(7-3)15-23-19(21)13-14-20(22)24-16-18(8-4)12-10-6-2;;;1-5(2,3)4/h17-18H,5-16H2,1-4H3;;;(H2,1,2,3,4)/q;2*+1;/p-2. The van der Waals surface area contributed by atoms with Crippen LogP contribution in [0.2, 0.25) is 0 Å². The molecule has 0 fully saturated rings. The van der Waals surface area contributed by atoms with Gasteiger partial charge in [0.15, 0.2) is 0 Å². The first-order valence-corrected chi connectivity index (χ1v) is 11.9. The van der Waals surface area contributed by atoms with Crippen LogP contribution in [0.4, 0.5) is 0 Å². The molecule has 0 radical (unpaired) electrons. The molecule has 0 heterocycles. The smallest absolute Gasteiger partial charge is 0.759 e. The van der Waals surface area contributed by atoms with Crippen LogP contribution in [0.15, 0.2) is 0 Å². The third-order valence-electron chi connectivity index (χ3n) is 4.58. The average molecular weight is 485 g/mol. The predicted octanol–water partition coefficient (Wildman–Crippen LogP) is -2.04. The molecule has 0 aromatic carbocycles. The fraction of sp³-hybridized carbons (Fsp3) is 0.900. The fourth-order valence-electron chi connectivity index (χ4n) is 2.57. The van der Waals surface area contributed by atoms with Crippen LogP contribution in [0.3, 0.4) is 0 Å². The van der Waals surface area contributed by atoms with Crippen molar-refractivity contribution in [1.29, 1.82) is 0 Å². The Kier molecular flexibility index (Phi) is 32.0. The summed E-state index contributed by atoms with van der Waals surface area (Å²) in [4.78, 5) is 23.5. The van der Waals surface area contributed by atoms with Gasteiger partial charge in [-0.3, -0.25) is 18.0 Å². The van der Waals surface area contributed by atoms with Gasteiger partial charge in [0.2, 0.25) is 0 Å². The zero-order chi connectivity index (χ0) is 22.7. The van der Waals surface area contributed by atoms with E-state index in [1.165, 1.54) is 12.8 Å². The Labute approximate surface area is 233 Å². The van der Waals surface area contributed by atoms with Gasteiger partial charge in [0.25, 0.3) is 0 Å². The van der Waals surface area contributed by atoms with Gasteiger partial charge in [0.1, 0.15) is 0 Å². The third-order valence-corrected chi connectivity index (χ3v) is 4.58. The van der Waals surface area contributed by atoms with E-state index in [4.69, 9.17) is 27.0 Å². The molecule has 0 saturated heterocycles. The van der Waals surface area contributed by atoms with Crippen LogP contribution in [0.1, 0.15) is 91.9 Å². The fourth-order valence-corrected chi connectivity index (χ4v) is 2.57. The molecule has 0 aliphatic carbocycles. The van der Waals surface area contributed by atoms with Gasteiger partial charge in [-0.2, -0.15) is 0 Å². The summed E-state index contributed by atoms with van der Waals surface area (Å²) in [6.07, 6.45) is 9.12.